The summed E-state index contributed by atoms with van der Waals surface area (Å²) in [5, 5.41) is 0. The first-order valence-electron chi connectivity index (χ1n) is 26.8. The number of halogens is 2. The zero-order valence-electron chi connectivity index (χ0n) is 45.4. The molecule has 0 aromatic carbocycles. The summed E-state index contributed by atoms with van der Waals surface area (Å²) in [4.78, 5) is 2.30. The van der Waals surface area contributed by atoms with Crippen LogP contribution in [-0.2, 0) is 26.6 Å². The second kappa shape index (κ2) is 54.6. The van der Waals surface area contributed by atoms with Gasteiger partial charge in [0.05, 0.1) is 27.2 Å². The van der Waals surface area contributed by atoms with Crippen LogP contribution in [0.1, 0.15) is 232 Å². The third kappa shape index (κ3) is 50.6. The number of nitrogens with zero attached hydrogens (tertiary/aromatic N) is 2. The van der Waals surface area contributed by atoms with Crippen LogP contribution in [0.25, 0.3) is 0 Å². The zero-order valence-corrected chi connectivity index (χ0v) is 48.9. The van der Waals surface area contributed by atoms with Crippen molar-refractivity contribution in [2.75, 3.05) is 96.4 Å². The van der Waals surface area contributed by atoms with Crippen molar-refractivity contribution in [2.24, 2.45) is 0 Å². The highest BCUT2D eigenvalue weighted by molar-refractivity contribution is 6.60. The minimum Gasteiger partial charge on any atom is -1.00 e. The normalized spacial score (nSPS) is 11.9. The van der Waals surface area contributed by atoms with Crippen molar-refractivity contribution in [1.82, 2.24) is 4.90 Å². The molecule has 0 aromatic heterocycles. The summed E-state index contributed by atoms with van der Waals surface area (Å²) in [5.41, 5.74) is 0. The molecule has 0 unspecified atom stereocenters. The van der Waals surface area contributed by atoms with Crippen molar-refractivity contribution >= 4 is 29.2 Å². The van der Waals surface area contributed by atoms with E-state index >= 15 is 0 Å². The standard InChI is InChI=1S/C26H58NO3Si.C20H43N.C6H15ClO3Si.ClH/c1-7-8-9-10-11-12-13-14-15-16-17-18-19-20-21-22-24-27(2,3)25-23-26-31(28-4,29-5)30-6;1-4-5-6-7-8-9-10-11-12-13-14-15-16-17-18-19-20-21(2)3;1-8-11(9-2,10-3)6-4-5-7;/h7-26H2,1-6H3;4-20H2,1-3H3;4-6H2,1-3H3;1H/q+1;;;/p-1. The van der Waals surface area contributed by atoms with Crippen LogP contribution in [-0.4, -0.2) is 123 Å². The van der Waals surface area contributed by atoms with Crippen LogP contribution in [0.4, 0.5) is 0 Å². The second-order valence-corrected chi connectivity index (χ2v) is 25.8. The molecule has 0 N–H and O–H groups in total. The fraction of sp³-hybridized carbons (Fsp3) is 1.00. The van der Waals surface area contributed by atoms with Crippen molar-refractivity contribution in [1.29, 1.82) is 0 Å². The first kappa shape index (κ1) is 71.2. The Kier molecular flexibility index (Phi) is 60.8. The van der Waals surface area contributed by atoms with Crippen molar-refractivity contribution in [3.63, 3.8) is 0 Å². The second-order valence-electron chi connectivity index (χ2n) is 19.3. The summed E-state index contributed by atoms with van der Waals surface area (Å²) in [7, 11) is 14.2. The number of alkyl halides is 1. The lowest BCUT2D eigenvalue weighted by atomic mass is 10.0. The van der Waals surface area contributed by atoms with Crippen LogP contribution in [0.2, 0.25) is 12.1 Å². The van der Waals surface area contributed by atoms with Gasteiger partial charge in [0.2, 0.25) is 0 Å². The molecule has 0 aromatic rings. The molecule has 0 fully saturated rings. The lowest BCUT2D eigenvalue weighted by Crippen LogP contribution is -3.00. The number of hydrogen-bond donors (Lipinski definition) is 0. The van der Waals surface area contributed by atoms with Crippen LogP contribution in [0.3, 0.4) is 0 Å². The highest BCUT2D eigenvalue weighted by atomic mass is 35.5. The van der Waals surface area contributed by atoms with E-state index in [2.05, 4.69) is 46.9 Å². The van der Waals surface area contributed by atoms with E-state index < -0.39 is 17.6 Å². The molecule has 0 heterocycles. The summed E-state index contributed by atoms with van der Waals surface area (Å²) in [5.74, 6) is 0.616. The molecule has 8 nitrogen and oxygen atoms in total. The Morgan fingerprint density at radius 2 is 0.594 bits per heavy atom. The van der Waals surface area contributed by atoms with E-state index in [1.807, 2.05) is 0 Å². The Morgan fingerprint density at radius 1 is 0.359 bits per heavy atom. The lowest BCUT2D eigenvalue weighted by Gasteiger charge is -2.31. The molecule has 0 radical (unpaired) electrons. The molecule has 0 aliphatic rings. The smallest absolute Gasteiger partial charge is 0.500 e. The first-order chi connectivity index (χ1) is 30.5. The Morgan fingerprint density at radius 3 is 0.844 bits per heavy atom. The minimum absolute atomic E-state index is 0. The van der Waals surface area contributed by atoms with Crippen molar-refractivity contribution in [3.8, 4) is 0 Å². The van der Waals surface area contributed by atoms with Crippen LogP contribution in [0.15, 0.2) is 0 Å². The monoisotopic (exact) mass is 991 g/mol. The molecular weight excluding hydrogens is 876 g/mol. The maximum absolute atomic E-state index is 5.53. The molecule has 392 valence electrons. The van der Waals surface area contributed by atoms with E-state index in [4.69, 9.17) is 38.2 Å². The summed E-state index contributed by atoms with van der Waals surface area (Å²) >= 11 is 5.53. The number of quaternary nitrogens is 1. The van der Waals surface area contributed by atoms with E-state index in [9.17, 15) is 0 Å². The van der Waals surface area contributed by atoms with Crippen molar-refractivity contribution in [3.05, 3.63) is 0 Å². The molecule has 0 bridgehead atoms. The lowest BCUT2D eigenvalue weighted by molar-refractivity contribution is -0.890. The summed E-state index contributed by atoms with van der Waals surface area (Å²) in [6.45, 7) is 8.27. The fourth-order valence-electron chi connectivity index (χ4n) is 8.30. The minimum atomic E-state index is -2.40. The molecule has 0 spiro atoms. The Labute approximate surface area is 416 Å². The Balaban J connectivity index is -0.000000469. The molecule has 0 amide bonds. The maximum atomic E-state index is 5.53. The van der Waals surface area contributed by atoms with Gasteiger partial charge in [0.1, 0.15) is 0 Å². The van der Waals surface area contributed by atoms with E-state index in [0.29, 0.717) is 5.88 Å². The van der Waals surface area contributed by atoms with Crippen LogP contribution < -0.4 is 12.4 Å². The van der Waals surface area contributed by atoms with Crippen molar-refractivity contribution in [2.45, 2.75) is 244 Å². The Hall–Kier alpha value is 0.694. The average Bonchev–Trinajstić information content (AvgIpc) is 3.28. The van der Waals surface area contributed by atoms with Gasteiger partial charge in [-0.05, 0) is 46.3 Å². The van der Waals surface area contributed by atoms with Crippen LogP contribution >= 0.6 is 11.6 Å². The van der Waals surface area contributed by atoms with Gasteiger partial charge in [-0.2, -0.15) is 0 Å². The van der Waals surface area contributed by atoms with E-state index in [0.717, 1.165) is 36.0 Å². The highest BCUT2D eigenvalue weighted by Gasteiger charge is 2.38. The van der Waals surface area contributed by atoms with Gasteiger partial charge in [-0.15, -0.1) is 11.6 Å². The van der Waals surface area contributed by atoms with Gasteiger partial charge in [0.15, 0.2) is 0 Å². The van der Waals surface area contributed by atoms with Gasteiger partial charge in [-0.25, -0.2) is 0 Å². The molecule has 0 atom stereocenters. The fourth-order valence-corrected chi connectivity index (χ4v) is 12.1. The highest BCUT2D eigenvalue weighted by Crippen LogP contribution is 2.19. The quantitative estimate of drug-likeness (QED) is 0.0261. The molecule has 0 saturated carbocycles. The van der Waals surface area contributed by atoms with E-state index in [-0.39, 0.29) is 12.4 Å². The molecule has 0 rings (SSSR count). The van der Waals surface area contributed by atoms with Gasteiger partial charge in [-0.1, -0.05) is 200 Å². The summed E-state index contributed by atoms with van der Waals surface area (Å²) in [6, 6.07) is 1.68. The number of hydrogen-bond acceptors (Lipinski definition) is 7. The van der Waals surface area contributed by atoms with Gasteiger partial charge in [0.25, 0.3) is 0 Å². The number of unbranched alkanes of at least 4 members (excludes halogenated alkanes) is 30. The third-order valence-corrected chi connectivity index (χ3v) is 18.7. The molecule has 12 heteroatoms. The predicted molar refractivity (Wildman–Crippen MR) is 283 cm³/mol. The molecule has 0 aliphatic heterocycles. The first-order valence-corrected chi connectivity index (χ1v) is 31.2. The summed E-state index contributed by atoms with van der Waals surface area (Å²) < 4.78 is 33.2. The van der Waals surface area contributed by atoms with Crippen LogP contribution in [0.5, 0.6) is 0 Å². The molecule has 0 aliphatic carbocycles. The Bertz CT molecular complexity index is 844. The van der Waals surface area contributed by atoms with Gasteiger partial charge >= 0.3 is 17.6 Å². The SMILES string of the molecule is CCCCCCCCCCCCCCCCCCN(C)C.CCCCCCCCCCCCCCCCCC[N+](C)(C)CCC[Si](OC)(OC)OC.CO[Si](CCCCl)(OC)OC.[Cl-]. The summed E-state index contributed by atoms with van der Waals surface area (Å²) in [6.07, 6.45) is 48.2. The van der Waals surface area contributed by atoms with Crippen LogP contribution in [0, 0.1) is 0 Å². The van der Waals surface area contributed by atoms with Crippen molar-refractivity contribution < 1.29 is 43.4 Å². The van der Waals surface area contributed by atoms with Gasteiger partial charge in [0, 0.05) is 67.0 Å². The topological polar surface area (TPSA) is 58.6 Å². The zero-order chi connectivity index (χ0) is 47.6. The third-order valence-electron chi connectivity index (χ3n) is 12.8. The van der Waals surface area contributed by atoms with E-state index in [1.54, 1.807) is 42.7 Å². The largest absolute Gasteiger partial charge is 1.00 e. The average molecular weight is 993 g/mol. The maximum Gasteiger partial charge on any atom is 0.500 e. The molecular formula is C52H116Cl2N2O6Si2. The molecule has 0 saturated heterocycles. The molecule has 64 heavy (non-hydrogen) atoms. The van der Waals surface area contributed by atoms with E-state index in [1.165, 1.54) is 219 Å². The number of rotatable bonds is 47. The predicted octanol–water partition coefficient (Wildman–Crippen LogP) is 12.9. The van der Waals surface area contributed by atoms with Gasteiger partial charge < -0.3 is 48.3 Å². The van der Waals surface area contributed by atoms with Gasteiger partial charge in [-0.3, -0.25) is 0 Å².